The normalized spacial score (nSPS) is 10.5. The van der Waals surface area contributed by atoms with Crippen molar-refractivity contribution in [1.29, 1.82) is 0 Å². The van der Waals surface area contributed by atoms with Crippen LogP contribution in [0.3, 0.4) is 0 Å². The van der Waals surface area contributed by atoms with E-state index < -0.39 is 0 Å². The van der Waals surface area contributed by atoms with E-state index in [2.05, 4.69) is 20.1 Å². The van der Waals surface area contributed by atoms with Crippen molar-refractivity contribution in [3.05, 3.63) is 12.4 Å². The van der Waals surface area contributed by atoms with E-state index >= 15 is 0 Å². The van der Waals surface area contributed by atoms with Crippen LogP contribution in [0.1, 0.15) is 0 Å². The molecule has 0 atom stereocenters. The Balaban J connectivity index is 2.28. The molecule has 0 spiro atoms. The molecule has 0 radical (unpaired) electrons. The number of nitrogens with zero attached hydrogens (tertiary/aromatic N) is 5. The maximum absolute atomic E-state index is 5.54. The molecule has 2 aromatic heterocycles. The number of hydrogen-bond donors (Lipinski definition) is 2. The molecule has 7 nitrogen and oxygen atoms in total. The summed E-state index contributed by atoms with van der Waals surface area (Å²) in [7, 11) is 1.79. The zero-order valence-corrected chi connectivity index (χ0v) is 8.77. The van der Waals surface area contributed by atoms with Gasteiger partial charge in [-0.3, -0.25) is 0 Å². The van der Waals surface area contributed by atoms with Gasteiger partial charge in [-0.2, -0.15) is 10.1 Å². The summed E-state index contributed by atoms with van der Waals surface area (Å²) < 4.78 is 1.64. The molecule has 0 aliphatic carbocycles. The highest BCUT2D eigenvalue weighted by Gasteiger charge is 2.06. The number of nitrogens with two attached hydrogens (primary N) is 2. The fourth-order valence-electron chi connectivity index (χ4n) is 0.985. The first kappa shape index (κ1) is 9.71. The first-order valence-electron chi connectivity index (χ1n) is 4.07. The Labute approximate surface area is 89.9 Å². The molecule has 0 bridgehead atoms. The van der Waals surface area contributed by atoms with Crippen molar-refractivity contribution < 1.29 is 0 Å². The van der Waals surface area contributed by atoms with E-state index in [1.807, 2.05) is 0 Å². The molecule has 15 heavy (non-hydrogen) atoms. The van der Waals surface area contributed by atoms with Crippen molar-refractivity contribution in [3.63, 3.8) is 0 Å². The summed E-state index contributed by atoms with van der Waals surface area (Å²) >= 11 is 1.33. The second kappa shape index (κ2) is 3.73. The van der Waals surface area contributed by atoms with Gasteiger partial charge in [0.1, 0.15) is 17.2 Å². The van der Waals surface area contributed by atoms with Crippen molar-refractivity contribution in [2.45, 2.75) is 10.2 Å². The maximum atomic E-state index is 5.54. The quantitative estimate of drug-likeness (QED) is 0.685. The average molecular weight is 223 g/mol. The monoisotopic (exact) mass is 223 g/mol. The number of aromatic nitrogens is 5. The largest absolute Gasteiger partial charge is 0.383 e. The fraction of sp³-hybridized carbons (Fsp3) is 0.143. The summed E-state index contributed by atoms with van der Waals surface area (Å²) in [5, 5.41) is 5.30. The summed E-state index contributed by atoms with van der Waals surface area (Å²) in [6, 6.07) is 1.63. The third kappa shape index (κ3) is 2.15. The minimum absolute atomic E-state index is 0.152. The first-order chi connectivity index (χ1) is 7.15. The van der Waals surface area contributed by atoms with Gasteiger partial charge in [0.25, 0.3) is 0 Å². The lowest BCUT2D eigenvalue weighted by atomic mass is 10.6. The molecule has 0 amide bonds. The highest BCUT2D eigenvalue weighted by molar-refractivity contribution is 7.99. The van der Waals surface area contributed by atoms with Crippen LogP contribution < -0.4 is 11.5 Å². The summed E-state index contributed by atoms with van der Waals surface area (Å²) in [5.41, 5.74) is 11.0. The van der Waals surface area contributed by atoms with Gasteiger partial charge in [0, 0.05) is 13.1 Å². The third-order valence-electron chi connectivity index (χ3n) is 1.61. The van der Waals surface area contributed by atoms with Crippen molar-refractivity contribution in [1.82, 2.24) is 24.7 Å². The topological polar surface area (TPSA) is 109 Å². The zero-order chi connectivity index (χ0) is 10.8. The van der Waals surface area contributed by atoms with Gasteiger partial charge in [0.2, 0.25) is 5.95 Å². The maximum Gasteiger partial charge on any atom is 0.223 e. The van der Waals surface area contributed by atoms with E-state index in [9.17, 15) is 0 Å². The predicted octanol–water partition coefficient (Wildman–Crippen LogP) is -0.0793. The zero-order valence-electron chi connectivity index (χ0n) is 7.95. The number of aryl methyl sites for hydroxylation is 1. The number of anilines is 2. The van der Waals surface area contributed by atoms with Crippen LogP contribution in [-0.4, -0.2) is 24.7 Å². The molecule has 2 aromatic rings. The third-order valence-corrected chi connectivity index (χ3v) is 2.58. The lowest BCUT2D eigenvalue weighted by Crippen LogP contribution is -2.00. The Morgan fingerprint density at radius 3 is 2.73 bits per heavy atom. The molecular formula is C7H9N7S. The van der Waals surface area contributed by atoms with Gasteiger partial charge >= 0.3 is 0 Å². The molecule has 4 N–H and O–H groups in total. The molecule has 0 aliphatic heterocycles. The molecule has 0 saturated heterocycles. The smallest absolute Gasteiger partial charge is 0.223 e. The average Bonchev–Trinajstić information content (AvgIpc) is 2.50. The molecule has 0 unspecified atom stereocenters. The summed E-state index contributed by atoms with van der Waals surface area (Å²) in [6.07, 6.45) is 1.47. The second-order valence-electron chi connectivity index (χ2n) is 2.76. The van der Waals surface area contributed by atoms with Crippen LogP contribution in [0.2, 0.25) is 0 Å². The molecule has 0 aliphatic rings. The molecular weight excluding hydrogens is 214 g/mol. The molecule has 0 saturated carbocycles. The summed E-state index contributed by atoms with van der Waals surface area (Å²) in [6.45, 7) is 0. The molecule has 0 aromatic carbocycles. The Hall–Kier alpha value is -1.83. The minimum atomic E-state index is 0.152. The van der Waals surface area contributed by atoms with Crippen LogP contribution in [0.4, 0.5) is 11.8 Å². The van der Waals surface area contributed by atoms with Crippen molar-refractivity contribution in [2.75, 3.05) is 11.5 Å². The van der Waals surface area contributed by atoms with Gasteiger partial charge in [-0.25, -0.2) is 14.6 Å². The lowest BCUT2D eigenvalue weighted by molar-refractivity contribution is 0.684. The predicted molar refractivity (Wildman–Crippen MR) is 56.0 cm³/mol. The van der Waals surface area contributed by atoms with Crippen LogP contribution >= 0.6 is 11.8 Å². The Kier molecular flexibility index (Phi) is 2.42. The lowest BCUT2D eigenvalue weighted by Gasteiger charge is -2.01. The van der Waals surface area contributed by atoms with E-state index in [1.165, 1.54) is 18.1 Å². The van der Waals surface area contributed by atoms with Crippen LogP contribution in [-0.2, 0) is 7.05 Å². The van der Waals surface area contributed by atoms with Gasteiger partial charge in [0.15, 0.2) is 5.16 Å². The van der Waals surface area contributed by atoms with Gasteiger partial charge in [-0.05, 0) is 11.8 Å². The standard InChI is InChI=1S/C7H9N7S/c1-14-7(10-3-11-14)15-5-2-4(8)12-6(9)13-5/h2-3H,1H3,(H4,8,9,12,13). The molecule has 78 valence electrons. The van der Waals surface area contributed by atoms with Crippen LogP contribution in [0.5, 0.6) is 0 Å². The van der Waals surface area contributed by atoms with Crippen LogP contribution in [0.15, 0.2) is 22.6 Å². The van der Waals surface area contributed by atoms with Gasteiger partial charge in [0.05, 0.1) is 0 Å². The van der Waals surface area contributed by atoms with E-state index in [0.717, 1.165) is 0 Å². The second-order valence-corrected chi connectivity index (χ2v) is 3.75. The fourth-order valence-corrected chi connectivity index (χ4v) is 1.77. The Morgan fingerprint density at radius 2 is 2.13 bits per heavy atom. The van der Waals surface area contributed by atoms with Gasteiger partial charge in [-0.1, -0.05) is 0 Å². The number of hydrogen-bond acceptors (Lipinski definition) is 7. The van der Waals surface area contributed by atoms with E-state index in [0.29, 0.717) is 16.0 Å². The van der Waals surface area contributed by atoms with Gasteiger partial charge in [-0.15, -0.1) is 0 Å². The van der Waals surface area contributed by atoms with Crippen LogP contribution in [0.25, 0.3) is 0 Å². The Morgan fingerprint density at radius 1 is 1.33 bits per heavy atom. The number of rotatable bonds is 2. The highest BCUT2D eigenvalue weighted by atomic mass is 32.2. The molecule has 8 heteroatoms. The highest BCUT2D eigenvalue weighted by Crippen LogP contribution is 2.24. The summed E-state index contributed by atoms with van der Waals surface area (Å²) in [4.78, 5) is 11.8. The summed E-state index contributed by atoms with van der Waals surface area (Å²) in [5.74, 6) is 0.492. The van der Waals surface area contributed by atoms with Gasteiger partial charge < -0.3 is 11.5 Å². The van der Waals surface area contributed by atoms with Crippen molar-refractivity contribution >= 4 is 23.5 Å². The van der Waals surface area contributed by atoms with E-state index in [-0.39, 0.29) is 5.95 Å². The number of nitrogen functional groups attached to an aromatic ring is 2. The van der Waals surface area contributed by atoms with Crippen molar-refractivity contribution in [2.24, 2.45) is 7.05 Å². The van der Waals surface area contributed by atoms with E-state index in [4.69, 9.17) is 11.5 Å². The van der Waals surface area contributed by atoms with E-state index in [1.54, 1.807) is 17.8 Å². The molecule has 2 rings (SSSR count). The molecule has 2 heterocycles. The van der Waals surface area contributed by atoms with Crippen LogP contribution in [0, 0.1) is 0 Å². The molecule has 0 fully saturated rings. The SMILES string of the molecule is Cn1ncnc1Sc1cc(N)nc(N)n1. The first-order valence-corrected chi connectivity index (χ1v) is 4.88. The Bertz CT molecular complexity index is 460. The van der Waals surface area contributed by atoms with Crippen molar-refractivity contribution in [3.8, 4) is 0 Å². The minimum Gasteiger partial charge on any atom is -0.383 e.